The summed E-state index contributed by atoms with van der Waals surface area (Å²) in [4.78, 5) is 13.8. The molecule has 4 rings (SSSR count). The first-order valence-corrected chi connectivity index (χ1v) is 9.99. The van der Waals surface area contributed by atoms with Gasteiger partial charge >= 0.3 is 6.03 Å². The smallest absolute Gasteiger partial charge is 0.316 e. The van der Waals surface area contributed by atoms with Gasteiger partial charge in [0.2, 0.25) is 0 Å². The number of benzene rings is 2. The number of hydrogen-bond donors (Lipinski definition) is 2. The summed E-state index contributed by atoms with van der Waals surface area (Å²) in [6, 6.07) is 19.8. The molecule has 0 spiro atoms. The van der Waals surface area contributed by atoms with Crippen molar-refractivity contribution < 1.29 is 9.18 Å². The minimum atomic E-state index is -0.304. The lowest BCUT2D eigenvalue weighted by atomic mass is 10.0. The molecular formula is C22H21FN2OS. The van der Waals surface area contributed by atoms with Crippen molar-refractivity contribution in [2.75, 3.05) is 0 Å². The molecule has 2 amide bonds. The summed E-state index contributed by atoms with van der Waals surface area (Å²) in [7, 11) is 0. The maximum Gasteiger partial charge on any atom is 0.316 e. The van der Waals surface area contributed by atoms with E-state index in [0.29, 0.717) is 5.92 Å². The maximum absolute atomic E-state index is 13.3. The first-order valence-electron chi connectivity index (χ1n) is 9.11. The van der Waals surface area contributed by atoms with Crippen LogP contribution in [0.15, 0.2) is 72.1 Å². The van der Waals surface area contributed by atoms with Crippen molar-refractivity contribution in [3.05, 3.63) is 93.9 Å². The third-order valence-corrected chi connectivity index (χ3v) is 5.78. The van der Waals surface area contributed by atoms with E-state index in [1.807, 2.05) is 35.7 Å². The van der Waals surface area contributed by atoms with Gasteiger partial charge in [0.05, 0.1) is 12.1 Å². The fourth-order valence-electron chi connectivity index (χ4n) is 3.31. The predicted octanol–water partition coefficient (Wildman–Crippen LogP) is 5.43. The van der Waals surface area contributed by atoms with Crippen LogP contribution >= 0.6 is 11.3 Å². The molecule has 1 heterocycles. The van der Waals surface area contributed by atoms with Crippen LogP contribution in [0.25, 0.3) is 0 Å². The number of rotatable bonds is 6. The zero-order valence-electron chi connectivity index (χ0n) is 14.8. The molecule has 2 atom stereocenters. The predicted molar refractivity (Wildman–Crippen MR) is 106 cm³/mol. The van der Waals surface area contributed by atoms with Crippen LogP contribution in [0, 0.1) is 11.7 Å². The number of amides is 2. The van der Waals surface area contributed by atoms with Gasteiger partial charge in [-0.1, -0.05) is 48.5 Å². The molecule has 3 nitrogen and oxygen atoms in total. The number of nitrogens with one attached hydrogen (secondary N) is 2. The van der Waals surface area contributed by atoms with E-state index >= 15 is 0 Å². The topological polar surface area (TPSA) is 41.1 Å². The third-order valence-electron chi connectivity index (χ3n) is 4.85. The first-order chi connectivity index (χ1) is 13.2. The molecule has 0 saturated heterocycles. The summed E-state index contributed by atoms with van der Waals surface area (Å²) >= 11 is 1.57. The molecule has 0 radical (unpaired) electrons. The van der Waals surface area contributed by atoms with Gasteiger partial charge in [0.1, 0.15) is 5.82 Å². The summed E-state index contributed by atoms with van der Waals surface area (Å²) < 4.78 is 13.3. The minimum absolute atomic E-state index is 0.0170. The van der Waals surface area contributed by atoms with Gasteiger partial charge in [-0.05, 0) is 53.5 Å². The van der Waals surface area contributed by atoms with Crippen molar-refractivity contribution in [3.63, 3.8) is 0 Å². The van der Waals surface area contributed by atoms with E-state index in [2.05, 4.69) is 22.8 Å². The average molecular weight is 380 g/mol. The summed E-state index contributed by atoms with van der Waals surface area (Å²) in [6.45, 7) is 0. The standard InChI is InChI=1S/C22H21FN2OS/c23-18-12-10-17(11-13-18)21(19-7-4-14-27-19)25-22(26)24-20(16-8-9-16)15-5-2-1-3-6-15/h1-7,10-14,16,20-21H,8-9H2,(H2,24,25,26)/t20-,21+/m1/s1. The van der Waals surface area contributed by atoms with Crippen molar-refractivity contribution in [2.45, 2.75) is 24.9 Å². The van der Waals surface area contributed by atoms with E-state index in [-0.39, 0.29) is 23.9 Å². The average Bonchev–Trinajstić information content (AvgIpc) is 3.39. The Morgan fingerprint density at radius 1 is 0.926 bits per heavy atom. The largest absolute Gasteiger partial charge is 0.331 e. The van der Waals surface area contributed by atoms with Crippen molar-refractivity contribution in [2.24, 2.45) is 5.92 Å². The molecule has 138 valence electrons. The molecule has 1 aliphatic rings. The van der Waals surface area contributed by atoms with Gasteiger partial charge in [-0.25, -0.2) is 9.18 Å². The van der Waals surface area contributed by atoms with E-state index in [0.717, 1.165) is 28.8 Å². The van der Waals surface area contributed by atoms with Gasteiger partial charge in [-0.15, -0.1) is 11.3 Å². The fraction of sp³-hybridized carbons (Fsp3) is 0.227. The van der Waals surface area contributed by atoms with E-state index in [9.17, 15) is 9.18 Å². The number of urea groups is 1. The van der Waals surface area contributed by atoms with Gasteiger partial charge in [0.25, 0.3) is 0 Å². The van der Waals surface area contributed by atoms with Gasteiger partial charge < -0.3 is 10.6 Å². The van der Waals surface area contributed by atoms with Crippen LogP contribution in [0.2, 0.25) is 0 Å². The van der Waals surface area contributed by atoms with Gasteiger partial charge in [-0.2, -0.15) is 0 Å². The summed E-state index contributed by atoms with van der Waals surface area (Å²) in [5.74, 6) is 0.204. The van der Waals surface area contributed by atoms with Gasteiger partial charge in [0, 0.05) is 4.88 Å². The molecule has 0 aliphatic heterocycles. The van der Waals surface area contributed by atoms with Crippen molar-refractivity contribution in [1.82, 2.24) is 10.6 Å². The third kappa shape index (κ3) is 4.37. The summed E-state index contributed by atoms with van der Waals surface area (Å²) in [6.07, 6.45) is 2.26. The highest BCUT2D eigenvalue weighted by molar-refractivity contribution is 7.10. The molecule has 1 fully saturated rings. The number of carbonyl (C=O) groups is 1. The van der Waals surface area contributed by atoms with Crippen LogP contribution in [-0.2, 0) is 0 Å². The van der Waals surface area contributed by atoms with E-state index in [1.54, 1.807) is 23.5 Å². The Morgan fingerprint density at radius 2 is 1.67 bits per heavy atom. The quantitative estimate of drug-likeness (QED) is 0.588. The Bertz CT molecular complexity index is 876. The Kier molecular flexibility index (Phi) is 5.21. The molecule has 1 aromatic heterocycles. The Labute approximate surface area is 162 Å². The van der Waals surface area contributed by atoms with E-state index in [4.69, 9.17) is 0 Å². The Balaban J connectivity index is 1.52. The second-order valence-corrected chi connectivity index (χ2v) is 7.82. The van der Waals surface area contributed by atoms with Crippen molar-refractivity contribution >= 4 is 17.4 Å². The van der Waals surface area contributed by atoms with Crippen LogP contribution in [0.3, 0.4) is 0 Å². The highest BCUT2D eigenvalue weighted by Gasteiger charge is 2.33. The molecule has 0 bridgehead atoms. The highest BCUT2D eigenvalue weighted by atomic mass is 32.1. The molecular weight excluding hydrogens is 359 g/mol. The Morgan fingerprint density at radius 3 is 2.30 bits per heavy atom. The SMILES string of the molecule is O=C(N[C@@H](c1ccc(F)cc1)c1cccs1)N[C@H](c1ccccc1)C1CC1. The normalized spacial score (nSPS) is 15.7. The molecule has 1 aliphatic carbocycles. The molecule has 2 aromatic carbocycles. The highest BCUT2D eigenvalue weighted by Crippen LogP contribution is 2.41. The number of carbonyl (C=O) groups excluding carboxylic acids is 1. The number of halogens is 1. The molecule has 0 unspecified atom stereocenters. The molecule has 2 N–H and O–H groups in total. The molecule has 3 aromatic rings. The van der Waals surface area contributed by atoms with Gasteiger partial charge in [-0.3, -0.25) is 0 Å². The Hall–Kier alpha value is -2.66. The van der Waals surface area contributed by atoms with Crippen molar-refractivity contribution in [3.8, 4) is 0 Å². The zero-order chi connectivity index (χ0) is 18.6. The van der Waals surface area contributed by atoms with Crippen LogP contribution in [0.1, 0.15) is 40.9 Å². The minimum Gasteiger partial charge on any atom is -0.331 e. The fourth-order valence-corrected chi connectivity index (χ4v) is 4.11. The van der Waals surface area contributed by atoms with Crippen LogP contribution in [0.5, 0.6) is 0 Å². The van der Waals surface area contributed by atoms with Crippen LogP contribution < -0.4 is 10.6 Å². The lowest BCUT2D eigenvalue weighted by molar-refractivity contribution is 0.233. The number of hydrogen-bond acceptors (Lipinski definition) is 2. The monoisotopic (exact) mass is 380 g/mol. The molecule has 27 heavy (non-hydrogen) atoms. The summed E-state index contributed by atoms with van der Waals surface area (Å²) in [5.41, 5.74) is 1.99. The van der Waals surface area contributed by atoms with Crippen molar-refractivity contribution in [1.29, 1.82) is 0 Å². The second kappa shape index (κ2) is 7.92. The lowest BCUT2D eigenvalue weighted by Gasteiger charge is -2.23. The maximum atomic E-state index is 13.3. The van der Waals surface area contributed by atoms with Gasteiger partial charge in [0.15, 0.2) is 0 Å². The zero-order valence-corrected chi connectivity index (χ0v) is 15.6. The van der Waals surface area contributed by atoms with E-state index < -0.39 is 0 Å². The molecule has 1 saturated carbocycles. The number of thiophene rings is 1. The first kappa shape index (κ1) is 17.7. The van der Waals surface area contributed by atoms with E-state index in [1.165, 1.54) is 12.1 Å². The van der Waals surface area contributed by atoms with Crippen LogP contribution in [0.4, 0.5) is 9.18 Å². The summed E-state index contributed by atoms with van der Waals surface area (Å²) in [5, 5.41) is 8.20. The van der Waals surface area contributed by atoms with Crippen LogP contribution in [-0.4, -0.2) is 6.03 Å². The second-order valence-electron chi connectivity index (χ2n) is 6.84. The molecule has 5 heteroatoms. The lowest BCUT2D eigenvalue weighted by Crippen LogP contribution is -2.40.